The minimum atomic E-state index is -0.841. The molecule has 1 aromatic rings. The van der Waals surface area contributed by atoms with Crippen LogP contribution in [0.3, 0.4) is 0 Å². The SMILES string of the molecule is CC(OC(=O)C1CC1)C(=O)Nc1sccc1C#N. The van der Waals surface area contributed by atoms with Gasteiger partial charge in [-0.15, -0.1) is 11.3 Å². The van der Waals surface area contributed by atoms with Crippen LogP contribution in [0.5, 0.6) is 0 Å². The molecule has 0 aliphatic heterocycles. The Morgan fingerprint density at radius 1 is 1.61 bits per heavy atom. The average Bonchev–Trinajstić information content (AvgIpc) is 3.10. The molecule has 1 aliphatic carbocycles. The maximum atomic E-state index is 11.8. The Hall–Kier alpha value is -1.87. The smallest absolute Gasteiger partial charge is 0.309 e. The van der Waals surface area contributed by atoms with Crippen LogP contribution in [0.4, 0.5) is 5.00 Å². The van der Waals surface area contributed by atoms with E-state index in [2.05, 4.69) is 5.32 Å². The molecule has 94 valence electrons. The number of carbonyl (C=O) groups is 2. The van der Waals surface area contributed by atoms with E-state index in [1.54, 1.807) is 11.4 Å². The predicted molar refractivity (Wildman–Crippen MR) is 65.9 cm³/mol. The van der Waals surface area contributed by atoms with Crippen molar-refractivity contribution < 1.29 is 14.3 Å². The van der Waals surface area contributed by atoms with Crippen molar-refractivity contribution >= 4 is 28.2 Å². The summed E-state index contributed by atoms with van der Waals surface area (Å²) in [5, 5.41) is 13.6. The lowest BCUT2D eigenvalue weighted by molar-refractivity contribution is -0.154. The highest BCUT2D eigenvalue weighted by atomic mass is 32.1. The quantitative estimate of drug-likeness (QED) is 0.842. The number of nitrogens with zero attached hydrogens (tertiary/aromatic N) is 1. The molecule has 1 saturated carbocycles. The zero-order valence-corrected chi connectivity index (χ0v) is 10.6. The van der Waals surface area contributed by atoms with Crippen molar-refractivity contribution in [1.82, 2.24) is 0 Å². The second-order valence-electron chi connectivity index (χ2n) is 4.12. The van der Waals surface area contributed by atoms with Gasteiger partial charge >= 0.3 is 5.97 Å². The van der Waals surface area contributed by atoms with Crippen molar-refractivity contribution in [1.29, 1.82) is 5.26 Å². The first-order valence-corrected chi connectivity index (χ1v) is 6.48. The van der Waals surface area contributed by atoms with E-state index in [4.69, 9.17) is 10.00 Å². The van der Waals surface area contributed by atoms with Crippen LogP contribution >= 0.6 is 11.3 Å². The van der Waals surface area contributed by atoms with Crippen LogP contribution in [0, 0.1) is 17.2 Å². The molecular weight excluding hydrogens is 252 g/mol. The van der Waals surface area contributed by atoms with Crippen molar-refractivity contribution in [2.75, 3.05) is 5.32 Å². The first-order chi connectivity index (χ1) is 8.61. The number of ether oxygens (including phenoxy) is 1. The fourth-order valence-electron chi connectivity index (χ4n) is 1.35. The summed E-state index contributed by atoms with van der Waals surface area (Å²) in [6, 6.07) is 3.60. The average molecular weight is 264 g/mol. The fraction of sp³-hybridized carbons (Fsp3) is 0.417. The third-order valence-electron chi connectivity index (χ3n) is 2.60. The molecule has 0 bridgehead atoms. The number of thiophene rings is 1. The summed E-state index contributed by atoms with van der Waals surface area (Å²) in [7, 11) is 0. The van der Waals surface area contributed by atoms with Gasteiger partial charge in [0, 0.05) is 0 Å². The normalized spacial score (nSPS) is 15.6. The Labute approximate surface area is 108 Å². The number of esters is 1. The number of nitriles is 1. The number of hydrogen-bond acceptors (Lipinski definition) is 5. The van der Waals surface area contributed by atoms with E-state index in [-0.39, 0.29) is 11.9 Å². The van der Waals surface area contributed by atoms with Crippen LogP contribution in [-0.2, 0) is 14.3 Å². The molecule has 1 aliphatic rings. The van der Waals surface area contributed by atoms with Crippen LogP contribution in [0.25, 0.3) is 0 Å². The highest BCUT2D eigenvalue weighted by Gasteiger charge is 2.33. The van der Waals surface area contributed by atoms with Crippen molar-refractivity contribution in [2.45, 2.75) is 25.9 Å². The van der Waals surface area contributed by atoms with Gasteiger partial charge < -0.3 is 10.1 Å². The number of rotatable bonds is 4. The Morgan fingerprint density at radius 2 is 2.33 bits per heavy atom. The van der Waals surface area contributed by atoms with E-state index in [9.17, 15) is 9.59 Å². The summed E-state index contributed by atoms with van der Waals surface area (Å²) in [6.07, 6.45) is 0.847. The third-order valence-corrected chi connectivity index (χ3v) is 3.43. The van der Waals surface area contributed by atoms with E-state index in [1.807, 2.05) is 6.07 Å². The van der Waals surface area contributed by atoms with Crippen LogP contribution in [0.15, 0.2) is 11.4 Å². The zero-order chi connectivity index (χ0) is 13.1. The van der Waals surface area contributed by atoms with Gasteiger partial charge in [-0.1, -0.05) is 0 Å². The topological polar surface area (TPSA) is 79.2 Å². The highest BCUT2D eigenvalue weighted by molar-refractivity contribution is 7.14. The van der Waals surface area contributed by atoms with E-state index in [1.165, 1.54) is 18.3 Å². The fourth-order valence-corrected chi connectivity index (χ4v) is 2.09. The van der Waals surface area contributed by atoms with Crippen LogP contribution < -0.4 is 5.32 Å². The molecule has 1 heterocycles. The predicted octanol–water partition coefficient (Wildman–Crippen LogP) is 1.90. The number of anilines is 1. The first kappa shape index (κ1) is 12.6. The van der Waals surface area contributed by atoms with E-state index < -0.39 is 12.0 Å². The largest absolute Gasteiger partial charge is 0.452 e. The molecule has 1 N–H and O–H groups in total. The maximum absolute atomic E-state index is 11.8. The van der Waals surface area contributed by atoms with Crippen molar-refractivity contribution in [2.24, 2.45) is 5.92 Å². The summed E-state index contributed by atoms with van der Waals surface area (Å²) in [5.74, 6) is -0.760. The second kappa shape index (κ2) is 5.19. The highest BCUT2D eigenvalue weighted by Crippen LogP contribution is 2.30. The molecule has 1 amide bonds. The van der Waals surface area contributed by atoms with Gasteiger partial charge in [0.1, 0.15) is 11.1 Å². The van der Waals surface area contributed by atoms with Gasteiger partial charge in [-0.2, -0.15) is 5.26 Å². The molecule has 1 fully saturated rings. The van der Waals surface area contributed by atoms with E-state index in [0.29, 0.717) is 10.6 Å². The first-order valence-electron chi connectivity index (χ1n) is 5.60. The minimum Gasteiger partial charge on any atom is -0.452 e. The number of amides is 1. The monoisotopic (exact) mass is 264 g/mol. The Morgan fingerprint density at radius 3 is 2.94 bits per heavy atom. The van der Waals surface area contributed by atoms with Crippen molar-refractivity contribution in [3.8, 4) is 6.07 Å². The molecular formula is C12H12N2O3S. The Bertz CT molecular complexity index is 514. The summed E-state index contributed by atoms with van der Waals surface area (Å²) in [4.78, 5) is 23.2. The molecule has 0 radical (unpaired) electrons. The van der Waals surface area contributed by atoms with Gasteiger partial charge in [0.15, 0.2) is 6.10 Å². The lowest BCUT2D eigenvalue weighted by Gasteiger charge is -2.12. The van der Waals surface area contributed by atoms with E-state index in [0.717, 1.165) is 12.8 Å². The lowest BCUT2D eigenvalue weighted by atomic mass is 10.3. The van der Waals surface area contributed by atoms with Gasteiger partial charge in [-0.3, -0.25) is 9.59 Å². The second-order valence-corrected chi connectivity index (χ2v) is 5.03. The lowest BCUT2D eigenvalue weighted by Crippen LogP contribution is -2.30. The summed E-state index contributed by atoms with van der Waals surface area (Å²) >= 11 is 1.26. The molecule has 1 aromatic heterocycles. The van der Waals surface area contributed by atoms with Gasteiger partial charge in [-0.05, 0) is 31.2 Å². The molecule has 18 heavy (non-hydrogen) atoms. The van der Waals surface area contributed by atoms with Crippen molar-refractivity contribution in [3.63, 3.8) is 0 Å². The van der Waals surface area contributed by atoms with Gasteiger partial charge in [-0.25, -0.2) is 0 Å². The van der Waals surface area contributed by atoms with Gasteiger partial charge in [0.25, 0.3) is 5.91 Å². The number of carbonyl (C=O) groups excluding carboxylic acids is 2. The zero-order valence-electron chi connectivity index (χ0n) is 9.80. The summed E-state index contributed by atoms with van der Waals surface area (Å²) in [5.41, 5.74) is 0.411. The van der Waals surface area contributed by atoms with Crippen LogP contribution in [0.2, 0.25) is 0 Å². The molecule has 6 heteroatoms. The van der Waals surface area contributed by atoms with Crippen LogP contribution in [0.1, 0.15) is 25.3 Å². The Balaban J connectivity index is 1.91. The van der Waals surface area contributed by atoms with Crippen molar-refractivity contribution in [3.05, 3.63) is 17.0 Å². The molecule has 0 saturated heterocycles. The number of nitrogens with one attached hydrogen (secondary N) is 1. The van der Waals surface area contributed by atoms with Gasteiger partial charge in [0.05, 0.1) is 11.5 Å². The third kappa shape index (κ3) is 2.87. The maximum Gasteiger partial charge on any atom is 0.309 e. The summed E-state index contributed by atoms with van der Waals surface area (Å²) < 4.78 is 5.03. The summed E-state index contributed by atoms with van der Waals surface area (Å²) in [6.45, 7) is 1.52. The molecule has 2 rings (SSSR count). The molecule has 1 atom stereocenters. The van der Waals surface area contributed by atoms with Crippen LogP contribution in [-0.4, -0.2) is 18.0 Å². The minimum absolute atomic E-state index is 0.0309. The van der Waals surface area contributed by atoms with Gasteiger partial charge in [0.2, 0.25) is 0 Å². The molecule has 0 aromatic carbocycles. The molecule has 1 unspecified atom stereocenters. The molecule has 5 nitrogen and oxygen atoms in total. The molecule has 0 spiro atoms. The Kier molecular flexibility index (Phi) is 3.63. The van der Waals surface area contributed by atoms with E-state index >= 15 is 0 Å². The standard InChI is InChI=1S/C12H12N2O3S/c1-7(17-12(16)8-2-3-8)10(15)14-11-9(6-13)4-5-18-11/h4-5,7-8H,2-3H2,1H3,(H,14,15). The number of hydrogen-bond donors (Lipinski definition) is 1.